The molecule has 0 saturated carbocycles. The molecule has 7 heteroatoms. The molecule has 3 rings (SSSR count). The minimum absolute atomic E-state index is 0.00835. The van der Waals surface area contributed by atoms with Crippen LogP contribution in [0.3, 0.4) is 0 Å². The lowest BCUT2D eigenvalue weighted by Crippen LogP contribution is -2.63. The van der Waals surface area contributed by atoms with Crippen LogP contribution in [0.5, 0.6) is 0 Å². The van der Waals surface area contributed by atoms with Gasteiger partial charge in [0.15, 0.2) is 0 Å². The van der Waals surface area contributed by atoms with Gasteiger partial charge in [0.1, 0.15) is 5.84 Å². The van der Waals surface area contributed by atoms with E-state index in [9.17, 15) is 4.79 Å². The smallest absolute Gasteiger partial charge is 0.228 e. The third-order valence-electron chi connectivity index (χ3n) is 7.45. The second-order valence-electron chi connectivity index (χ2n) is 9.13. The average molecular weight is 518 g/mol. The summed E-state index contributed by atoms with van der Waals surface area (Å²) in [6.45, 7) is 7.16. The highest BCUT2D eigenvalue weighted by molar-refractivity contribution is 9.10. The van der Waals surface area contributed by atoms with E-state index < -0.39 is 5.54 Å². The van der Waals surface area contributed by atoms with Crippen LogP contribution in [0.2, 0.25) is 0 Å². The molecule has 180 valence electrons. The molecular formula is C26H36BrN3O3. The van der Waals surface area contributed by atoms with E-state index in [1.807, 2.05) is 19.1 Å². The third kappa shape index (κ3) is 5.32. The Balaban J connectivity index is 2.18. The standard InChI is InChI=1S/C26H36BrN3O3/c1-5-20(8-7-13-32-4)18-30-19-23(28)29(3)24(31)17-26(11-14-33-15-12-26)25(30,2)21-9-6-10-22(27)16-21/h5-10,16,28H,11-15,17-19H2,1-4H3/b8-7-,20-5+,28-23?. The number of amides is 1. The minimum atomic E-state index is -0.479. The highest BCUT2D eigenvalue weighted by Gasteiger charge is 2.55. The van der Waals surface area contributed by atoms with E-state index in [-0.39, 0.29) is 11.3 Å². The first-order valence-corrected chi connectivity index (χ1v) is 12.3. The Bertz CT molecular complexity index is 923. The number of hydrogen-bond donors (Lipinski definition) is 1. The van der Waals surface area contributed by atoms with Crippen molar-refractivity contribution in [1.29, 1.82) is 5.41 Å². The Labute approximate surface area is 206 Å². The quantitative estimate of drug-likeness (QED) is 0.552. The van der Waals surface area contributed by atoms with Gasteiger partial charge in [-0.3, -0.25) is 15.1 Å². The van der Waals surface area contributed by atoms with Gasteiger partial charge in [0, 0.05) is 50.2 Å². The van der Waals surface area contributed by atoms with Gasteiger partial charge in [-0.1, -0.05) is 46.3 Å². The maximum atomic E-state index is 13.3. The van der Waals surface area contributed by atoms with Crippen molar-refractivity contribution in [3.05, 3.63) is 58.1 Å². The van der Waals surface area contributed by atoms with Crippen LogP contribution in [0.1, 0.15) is 38.7 Å². The second-order valence-corrected chi connectivity index (χ2v) is 10.0. The SMILES string of the molecule is C/C=C(\C=C/COC)CN1CC(=N)N(C)C(=O)CC2(CCOCC2)C1(C)c1cccc(Br)c1. The van der Waals surface area contributed by atoms with Crippen LogP contribution < -0.4 is 0 Å². The summed E-state index contributed by atoms with van der Waals surface area (Å²) in [4.78, 5) is 17.2. The van der Waals surface area contributed by atoms with E-state index in [4.69, 9.17) is 14.9 Å². The van der Waals surface area contributed by atoms with Crippen molar-refractivity contribution in [1.82, 2.24) is 9.80 Å². The average Bonchev–Trinajstić information content (AvgIpc) is 2.81. The Morgan fingerprint density at radius 1 is 1.33 bits per heavy atom. The molecule has 0 bridgehead atoms. The molecule has 2 aliphatic heterocycles. The summed E-state index contributed by atoms with van der Waals surface area (Å²) in [5, 5.41) is 8.72. The summed E-state index contributed by atoms with van der Waals surface area (Å²) in [6.07, 6.45) is 8.20. The largest absolute Gasteiger partial charge is 0.381 e. The molecule has 1 amide bonds. The molecule has 33 heavy (non-hydrogen) atoms. The molecule has 1 spiro atoms. The summed E-state index contributed by atoms with van der Waals surface area (Å²) < 4.78 is 12.0. The van der Waals surface area contributed by atoms with Crippen LogP contribution >= 0.6 is 15.9 Å². The fraction of sp³-hybridized carbons (Fsp3) is 0.538. The van der Waals surface area contributed by atoms with Gasteiger partial charge in [-0.15, -0.1) is 0 Å². The molecule has 1 atom stereocenters. The van der Waals surface area contributed by atoms with Crippen molar-refractivity contribution >= 4 is 27.7 Å². The second kappa shape index (κ2) is 11.1. The zero-order valence-electron chi connectivity index (χ0n) is 20.2. The van der Waals surface area contributed by atoms with Crippen LogP contribution in [0.15, 0.2) is 52.5 Å². The van der Waals surface area contributed by atoms with Crippen molar-refractivity contribution in [3.8, 4) is 0 Å². The number of nitrogens with zero attached hydrogens (tertiary/aromatic N) is 2. The van der Waals surface area contributed by atoms with E-state index in [0.717, 1.165) is 28.5 Å². The first kappa shape index (κ1) is 25.8. The number of rotatable bonds is 6. The number of hydrogen-bond acceptors (Lipinski definition) is 5. The Kier molecular flexibility index (Phi) is 8.67. The molecule has 0 aromatic heterocycles. The number of benzene rings is 1. The number of likely N-dealkylation sites (N-methyl/N-ethyl adjacent to an activating group) is 1. The highest BCUT2D eigenvalue weighted by atomic mass is 79.9. The maximum Gasteiger partial charge on any atom is 0.228 e. The lowest BCUT2D eigenvalue weighted by Gasteiger charge is -2.58. The van der Waals surface area contributed by atoms with Gasteiger partial charge in [0.2, 0.25) is 5.91 Å². The topological polar surface area (TPSA) is 65.9 Å². The summed E-state index contributed by atoms with van der Waals surface area (Å²) in [7, 11) is 3.41. The van der Waals surface area contributed by atoms with Crippen molar-refractivity contribution in [2.24, 2.45) is 5.41 Å². The number of methoxy groups -OCH3 is 1. The Morgan fingerprint density at radius 3 is 2.70 bits per heavy atom. The summed E-state index contributed by atoms with van der Waals surface area (Å²) in [6, 6.07) is 8.41. The molecule has 1 aromatic rings. The fourth-order valence-corrected chi connectivity index (χ4v) is 5.59. The number of ether oxygens (including phenoxy) is 2. The molecule has 1 unspecified atom stereocenters. The number of carbonyl (C=O) groups is 1. The van der Waals surface area contributed by atoms with Gasteiger partial charge in [0.25, 0.3) is 0 Å². The lowest BCUT2D eigenvalue weighted by molar-refractivity contribution is -0.143. The zero-order chi connectivity index (χ0) is 24.1. The van der Waals surface area contributed by atoms with E-state index >= 15 is 0 Å². The molecule has 1 aromatic carbocycles. The van der Waals surface area contributed by atoms with Gasteiger partial charge in [-0.2, -0.15) is 0 Å². The van der Waals surface area contributed by atoms with Crippen molar-refractivity contribution in [2.75, 3.05) is 47.1 Å². The van der Waals surface area contributed by atoms with E-state index in [2.05, 4.69) is 58.1 Å². The molecular weight excluding hydrogens is 482 g/mol. The minimum Gasteiger partial charge on any atom is -0.381 e. The molecule has 0 radical (unpaired) electrons. The first-order chi connectivity index (χ1) is 15.8. The summed E-state index contributed by atoms with van der Waals surface area (Å²) in [5.41, 5.74) is 1.51. The van der Waals surface area contributed by atoms with Crippen molar-refractivity contribution in [2.45, 2.75) is 38.6 Å². The van der Waals surface area contributed by atoms with Gasteiger partial charge in [-0.25, -0.2) is 0 Å². The van der Waals surface area contributed by atoms with Crippen LogP contribution in [0.25, 0.3) is 0 Å². The number of amidine groups is 1. The molecule has 2 aliphatic rings. The predicted molar refractivity (Wildman–Crippen MR) is 135 cm³/mol. The number of allylic oxidation sites excluding steroid dienone is 1. The normalized spacial score (nSPS) is 25.0. The van der Waals surface area contributed by atoms with Gasteiger partial charge >= 0.3 is 0 Å². The van der Waals surface area contributed by atoms with Crippen LogP contribution in [-0.2, 0) is 19.8 Å². The molecule has 0 aliphatic carbocycles. The van der Waals surface area contributed by atoms with Crippen molar-refractivity contribution < 1.29 is 14.3 Å². The van der Waals surface area contributed by atoms with Gasteiger partial charge < -0.3 is 14.4 Å². The van der Waals surface area contributed by atoms with E-state index in [0.29, 0.717) is 45.2 Å². The number of nitrogens with one attached hydrogen (secondary N) is 1. The molecule has 2 heterocycles. The Hall–Kier alpha value is -1.80. The number of carbonyl (C=O) groups excluding carboxylic acids is 1. The molecule has 2 saturated heterocycles. The molecule has 1 N–H and O–H groups in total. The van der Waals surface area contributed by atoms with Crippen LogP contribution in [0.4, 0.5) is 0 Å². The predicted octanol–water partition coefficient (Wildman–Crippen LogP) is 4.75. The van der Waals surface area contributed by atoms with E-state index in [1.165, 1.54) is 4.90 Å². The molecule has 2 fully saturated rings. The number of halogens is 1. The fourth-order valence-electron chi connectivity index (χ4n) is 5.19. The van der Waals surface area contributed by atoms with Crippen molar-refractivity contribution in [3.63, 3.8) is 0 Å². The Morgan fingerprint density at radius 2 is 2.06 bits per heavy atom. The van der Waals surface area contributed by atoms with Gasteiger partial charge in [0.05, 0.1) is 18.7 Å². The lowest BCUT2D eigenvalue weighted by atomic mass is 9.59. The monoisotopic (exact) mass is 517 g/mol. The summed E-state index contributed by atoms with van der Waals surface area (Å²) in [5.74, 6) is 0.327. The van der Waals surface area contributed by atoms with Crippen LogP contribution in [0, 0.1) is 10.8 Å². The van der Waals surface area contributed by atoms with Crippen LogP contribution in [-0.4, -0.2) is 68.6 Å². The molecule has 6 nitrogen and oxygen atoms in total. The summed E-state index contributed by atoms with van der Waals surface area (Å²) >= 11 is 3.66. The zero-order valence-corrected chi connectivity index (χ0v) is 21.8. The maximum absolute atomic E-state index is 13.3. The van der Waals surface area contributed by atoms with E-state index in [1.54, 1.807) is 14.2 Å². The first-order valence-electron chi connectivity index (χ1n) is 11.5. The van der Waals surface area contributed by atoms with Gasteiger partial charge in [-0.05, 0) is 50.0 Å². The third-order valence-corrected chi connectivity index (χ3v) is 7.94. The highest BCUT2D eigenvalue weighted by Crippen LogP contribution is 2.54.